The van der Waals surface area contributed by atoms with Gasteiger partial charge in [-0.25, -0.2) is 13.4 Å². The van der Waals surface area contributed by atoms with Gasteiger partial charge >= 0.3 is 5.97 Å². The lowest BCUT2D eigenvalue weighted by Crippen LogP contribution is -2.48. The molecule has 54 heavy (non-hydrogen) atoms. The number of amides is 2. The van der Waals surface area contributed by atoms with Crippen molar-refractivity contribution in [1.82, 2.24) is 14.6 Å². The molecule has 292 valence electrons. The standard InChI is InChI=1S/C41H52ClN3O8S/c1-25-35-29(28-14-11-15-30(42)34(28)43-25)16-17-40(53-35)22-31-32(46)23-41(37(49)44-54(50,51)39(5)18-19-39)21-27(41)13-10-8-6-7-9-12-26(36(48)45(31)24-40)20-33(47)52-38(2,3)4/h10-11,13-15,26-27,31H,6-9,12,16-24H2,1-5H3,(H,44,49)/b13-10-/t26-,27-,31+,40-,41-/m1/s1. The molecular formula is C41H52ClN3O8S. The van der Waals surface area contributed by atoms with E-state index in [9.17, 15) is 27.6 Å². The molecule has 1 aromatic carbocycles. The first kappa shape index (κ1) is 38.8. The number of Topliss-reactive ketones (excluding diaryl/α,β-unsaturated/α-hetero) is 1. The van der Waals surface area contributed by atoms with Gasteiger partial charge in [-0.2, -0.15) is 0 Å². The van der Waals surface area contributed by atoms with Gasteiger partial charge in [0.1, 0.15) is 17.0 Å². The molecule has 2 amide bonds. The summed E-state index contributed by atoms with van der Waals surface area (Å²) in [6.07, 6.45) is 9.80. The second kappa shape index (κ2) is 13.9. The van der Waals surface area contributed by atoms with E-state index in [0.717, 1.165) is 30.2 Å². The zero-order valence-electron chi connectivity index (χ0n) is 32.0. The van der Waals surface area contributed by atoms with Crippen molar-refractivity contribution in [3.05, 3.63) is 46.6 Å². The van der Waals surface area contributed by atoms with Crippen LogP contribution in [0.4, 0.5) is 0 Å². The number of para-hydroxylation sites is 1. The minimum Gasteiger partial charge on any atom is -0.483 e. The maximum atomic E-state index is 14.8. The molecule has 0 unspecified atom stereocenters. The third kappa shape index (κ3) is 7.41. The maximum Gasteiger partial charge on any atom is 0.307 e. The van der Waals surface area contributed by atoms with E-state index >= 15 is 0 Å². The molecule has 11 nitrogen and oxygen atoms in total. The Bertz CT molecular complexity index is 2040. The molecule has 4 heterocycles. The number of esters is 1. The number of halogens is 1. The van der Waals surface area contributed by atoms with E-state index in [4.69, 9.17) is 26.1 Å². The van der Waals surface area contributed by atoms with E-state index in [2.05, 4.69) is 4.72 Å². The Morgan fingerprint density at radius 2 is 1.87 bits per heavy atom. The van der Waals surface area contributed by atoms with Gasteiger partial charge in [0.15, 0.2) is 5.78 Å². The summed E-state index contributed by atoms with van der Waals surface area (Å²) in [7, 11) is -3.94. The van der Waals surface area contributed by atoms with Crippen molar-refractivity contribution >= 4 is 56.1 Å². The van der Waals surface area contributed by atoms with Gasteiger partial charge in [-0.3, -0.25) is 23.9 Å². The highest BCUT2D eigenvalue weighted by atomic mass is 35.5. The quantitative estimate of drug-likeness (QED) is 0.259. The number of carbonyl (C=O) groups excluding carboxylic acids is 4. The van der Waals surface area contributed by atoms with Crippen LogP contribution in [0.1, 0.15) is 116 Å². The van der Waals surface area contributed by atoms with E-state index in [1.165, 1.54) is 0 Å². The highest BCUT2D eigenvalue weighted by Gasteiger charge is 2.63. The Morgan fingerprint density at radius 3 is 2.59 bits per heavy atom. The highest BCUT2D eigenvalue weighted by Crippen LogP contribution is 2.58. The largest absolute Gasteiger partial charge is 0.483 e. The van der Waals surface area contributed by atoms with Gasteiger partial charge in [-0.1, -0.05) is 48.7 Å². The Kier molecular flexibility index (Phi) is 9.98. The molecule has 1 spiro atoms. The first-order valence-electron chi connectivity index (χ1n) is 19.4. The summed E-state index contributed by atoms with van der Waals surface area (Å²) in [5.41, 5.74) is -0.574. The number of allylic oxidation sites excluding steroid dienone is 2. The smallest absolute Gasteiger partial charge is 0.307 e. The molecule has 0 bridgehead atoms. The summed E-state index contributed by atoms with van der Waals surface area (Å²) in [5.74, 6) is -2.17. The van der Waals surface area contributed by atoms with Crippen LogP contribution in [-0.2, 0) is 40.4 Å². The predicted octanol–water partition coefficient (Wildman–Crippen LogP) is 6.69. The Hall–Kier alpha value is -3.51. The van der Waals surface area contributed by atoms with Crippen molar-refractivity contribution in [2.75, 3.05) is 6.54 Å². The lowest BCUT2D eigenvalue weighted by atomic mass is 9.85. The second-order valence-corrected chi connectivity index (χ2v) is 20.3. The number of hydrogen-bond acceptors (Lipinski definition) is 9. The summed E-state index contributed by atoms with van der Waals surface area (Å²) in [6, 6.07) is 4.70. The molecule has 0 radical (unpaired) electrons. The molecule has 3 aliphatic heterocycles. The van der Waals surface area contributed by atoms with Crippen LogP contribution < -0.4 is 9.46 Å². The van der Waals surface area contributed by atoms with Crippen molar-refractivity contribution in [1.29, 1.82) is 0 Å². The number of hydrogen-bond donors (Lipinski definition) is 1. The number of nitrogens with zero attached hydrogens (tertiary/aromatic N) is 2. The number of fused-ring (bicyclic) bond motifs is 5. The van der Waals surface area contributed by atoms with Gasteiger partial charge < -0.3 is 14.4 Å². The molecule has 2 aromatic rings. The number of nitrogens with one attached hydrogen (secondary N) is 1. The first-order chi connectivity index (χ1) is 25.4. The van der Waals surface area contributed by atoms with E-state index < -0.39 is 55.2 Å². The number of rotatable bonds is 5. The Labute approximate surface area is 323 Å². The van der Waals surface area contributed by atoms with Gasteiger partial charge in [-0.15, -0.1) is 0 Å². The summed E-state index contributed by atoms with van der Waals surface area (Å²) in [5, 5.41) is 1.44. The maximum absolute atomic E-state index is 14.8. The average molecular weight is 782 g/mol. The monoisotopic (exact) mass is 781 g/mol. The van der Waals surface area contributed by atoms with E-state index in [0.29, 0.717) is 66.9 Å². The minimum atomic E-state index is -3.94. The summed E-state index contributed by atoms with van der Waals surface area (Å²) in [6.45, 7) is 8.97. The van der Waals surface area contributed by atoms with E-state index in [1.807, 2.05) is 31.2 Å². The van der Waals surface area contributed by atoms with Crippen LogP contribution in [0.25, 0.3) is 10.9 Å². The van der Waals surface area contributed by atoms with Crippen LogP contribution in [0, 0.1) is 24.2 Å². The van der Waals surface area contributed by atoms with Crippen LogP contribution >= 0.6 is 11.6 Å². The summed E-state index contributed by atoms with van der Waals surface area (Å²) in [4.78, 5) is 63.1. The first-order valence-corrected chi connectivity index (χ1v) is 21.3. The molecule has 1 aromatic heterocycles. The second-order valence-electron chi connectivity index (χ2n) is 17.7. The molecule has 1 N–H and O–H groups in total. The number of aryl methyl sites for hydroxylation is 2. The van der Waals surface area contributed by atoms with Crippen molar-refractivity contribution in [3.8, 4) is 5.75 Å². The number of pyridine rings is 1. The van der Waals surface area contributed by atoms with Gasteiger partial charge in [-0.05, 0) is 98.0 Å². The number of carbonyl (C=O) groups is 4. The Balaban J connectivity index is 1.24. The topological polar surface area (TPSA) is 149 Å². The minimum absolute atomic E-state index is 0.120. The van der Waals surface area contributed by atoms with Gasteiger partial charge in [0, 0.05) is 29.7 Å². The van der Waals surface area contributed by atoms with Gasteiger partial charge in [0.2, 0.25) is 21.8 Å². The van der Waals surface area contributed by atoms with Crippen LogP contribution in [-0.4, -0.2) is 70.4 Å². The van der Waals surface area contributed by atoms with E-state index in [-0.39, 0.29) is 43.4 Å². The molecule has 2 saturated carbocycles. The lowest BCUT2D eigenvalue weighted by molar-refractivity contribution is -0.159. The number of ether oxygens (including phenoxy) is 2. The molecule has 5 atom stereocenters. The lowest BCUT2D eigenvalue weighted by Gasteiger charge is -2.36. The normalized spacial score (nSPS) is 30.3. The molecule has 13 heteroatoms. The molecule has 1 saturated heterocycles. The van der Waals surface area contributed by atoms with Gasteiger partial charge in [0.05, 0.1) is 45.4 Å². The highest BCUT2D eigenvalue weighted by molar-refractivity contribution is 7.91. The summed E-state index contributed by atoms with van der Waals surface area (Å²) >= 11 is 6.53. The van der Waals surface area contributed by atoms with Crippen molar-refractivity contribution in [2.45, 2.75) is 140 Å². The average Bonchev–Trinajstić information content (AvgIpc) is 3.98. The fourth-order valence-electron chi connectivity index (χ4n) is 8.73. The van der Waals surface area contributed by atoms with Crippen molar-refractivity contribution in [2.24, 2.45) is 17.3 Å². The SMILES string of the molecule is Cc1nc2c(Cl)cccc2c2c1O[C@]1(CC2)C[C@H]2C(=O)C[C@]3(C(=O)NS(=O)(=O)C4(C)CC4)C[C@H]3/C=C\CCCCC[C@H](CC(=O)OC(C)(C)C)C(=O)N2C1. The van der Waals surface area contributed by atoms with Crippen molar-refractivity contribution in [3.63, 3.8) is 0 Å². The summed E-state index contributed by atoms with van der Waals surface area (Å²) < 4.78 is 40.4. The third-order valence-electron chi connectivity index (χ3n) is 12.3. The molecule has 5 aliphatic rings. The molecular weight excluding hydrogens is 730 g/mol. The van der Waals surface area contributed by atoms with Crippen LogP contribution in [0.5, 0.6) is 5.75 Å². The third-order valence-corrected chi connectivity index (χ3v) is 14.7. The number of ketones is 1. The molecule has 3 fully saturated rings. The number of aromatic nitrogens is 1. The van der Waals surface area contributed by atoms with Crippen LogP contribution in [0.15, 0.2) is 30.4 Å². The zero-order valence-corrected chi connectivity index (χ0v) is 33.5. The number of benzene rings is 1. The van der Waals surface area contributed by atoms with E-state index in [1.54, 1.807) is 38.7 Å². The fraction of sp³-hybridized carbons (Fsp3) is 0.634. The van der Waals surface area contributed by atoms with Gasteiger partial charge in [0.25, 0.3) is 0 Å². The van der Waals surface area contributed by atoms with Crippen LogP contribution in [0.2, 0.25) is 5.02 Å². The zero-order chi connectivity index (χ0) is 38.8. The Morgan fingerprint density at radius 1 is 1.11 bits per heavy atom. The molecule has 2 aliphatic carbocycles. The molecule has 7 rings (SSSR count). The predicted molar refractivity (Wildman–Crippen MR) is 204 cm³/mol. The fourth-order valence-corrected chi connectivity index (χ4v) is 10.3. The number of sulfonamides is 1. The van der Waals surface area contributed by atoms with Crippen molar-refractivity contribution < 1.29 is 37.1 Å². The van der Waals surface area contributed by atoms with Crippen LogP contribution in [0.3, 0.4) is 0 Å².